The van der Waals surface area contributed by atoms with Crippen LogP contribution in [0, 0.1) is 5.82 Å². The monoisotopic (exact) mass is 452 g/mol. The highest BCUT2D eigenvalue weighted by Gasteiger charge is 2.30. The Morgan fingerprint density at radius 2 is 1.90 bits per heavy atom. The fraction of sp³-hybridized carbons (Fsp3) is 0.500. The van der Waals surface area contributed by atoms with Crippen molar-refractivity contribution in [1.29, 1.82) is 0 Å². The maximum absolute atomic E-state index is 13.4. The Morgan fingerprint density at radius 1 is 1.19 bits per heavy atom. The van der Waals surface area contributed by atoms with Gasteiger partial charge < -0.3 is 20.9 Å². The van der Waals surface area contributed by atoms with E-state index in [-0.39, 0.29) is 29.3 Å². The van der Waals surface area contributed by atoms with Gasteiger partial charge in [0.05, 0.1) is 11.6 Å². The zero-order valence-electron chi connectivity index (χ0n) is 17.1. The second kappa shape index (κ2) is 10.4. The minimum Gasteiger partial charge on any atom is -0.351 e. The van der Waals surface area contributed by atoms with Gasteiger partial charge in [0.2, 0.25) is 17.8 Å². The van der Waals surface area contributed by atoms with E-state index in [1.807, 2.05) is 0 Å². The molecule has 4 amide bonds. The summed E-state index contributed by atoms with van der Waals surface area (Å²) in [5, 5.41) is 5.04. The number of anilines is 1. The quantitative estimate of drug-likeness (QED) is 0.477. The van der Waals surface area contributed by atoms with Gasteiger partial charge in [0.25, 0.3) is 0 Å². The topological polar surface area (TPSA) is 120 Å². The van der Waals surface area contributed by atoms with Crippen LogP contribution < -0.4 is 16.4 Å². The normalized spacial score (nSPS) is 19.9. The number of primary amides is 1. The second-order valence-corrected chi connectivity index (χ2v) is 7.99. The van der Waals surface area contributed by atoms with Crippen molar-refractivity contribution in [2.45, 2.75) is 38.1 Å². The van der Waals surface area contributed by atoms with Crippen LogP contribution in [0.2, 0.25) is 5.02 Å². The van der Waals surface area contributed by atoms with Crippen molar-refractivity contribution in [3.05, 3.63) is 29.0 Å². The molecule has 1 aromatic carbocycles. The van der Waals surface area contributed by atoms with Crippen LogP contribution in [0.1, 0.15) is 32.1 Å². The number of nitrogens with zero attached hydrogens (tertiary/aromatic N) is 3. The van der Waals surface area contributed by atoms with E-state index in [0.717, 1.165) is 44.8 Å². The fourth-order valence-electron chi connectivity index (χ4n) is 3.67. The number of carbonyl (C=O) groups excluding carboxylic acids is 3. The first-order chi connectivity index (χ1) is 14.8. The van der Waals surface area contributed by atoms with Gasteiger partial charge in [0, 0.05) is 25.3 Å². The van der Waals surface area contributed by atoms with E-state index in [1.54, 1.807) is 4.90 Å². The average molecular weight is 453 g/mol. The summed E-state index contributed by atoms with van der Waals surface area (Å²) in [6, 6.07) is 2.23. The van der Waals surface area contributed by atoms with E-state index < -0.39 is 17.9 Å². The van der Waals surface area contributed by atoms with Gasteiger partial charge in [-0.1, -0.05) is 11.6 Å². The molecule has 0 radical (unpaired) electrons. The average Bonchev–Trinajstić information content (AvgIpc) is 3.20. The number of amides is 4. The van der Waals surface area contributed by atoms with Gasteiger partial charge >= 0.3 is 6.03 Å². The van der Waals surface area contributed by atoms with E-state index in [1.165, 1.54) is 17.0 Å². The van der Waals surface area contributed by atoms with E-state index in [0.29, 0.717) is 18.7 Å². The van der Waals surface area contributed by atoms with Crippen LogP contribution in [0.3, 0.4) is 0 Å². The van der Waals surface area contributed by atoms with Gasteiger partial charge in [0.1, 0.15) is 11.9 Å². The van der Waals surface area contributed by atoms with Gasteiger partial charge in [-0.3, -0.25) is 14.9 Å². The van der Waals surface area contributed by atoms with Crippen molar-refractivity contribution in [3.8, 4) is 0 Å². The third kappa shape index (κ3) is 6.30. The smallest absolute Gasteiger partial charge is 0.318 e. The van der Waals surface area contributed by atoms with Crippen molar-refractivity contribution < 1.29 is 18.8 Å². The summed E-state index contributed by atoms with van der Waals surface area (Å²) in [4.78, 5) is 44.7. The summed E-state index contributed by atoms with van der Waals surface area (Å²) in [5.41, 5.74) is 5.59. The van der Waals surface area contributed by atoms with Gasteiger partial charge in [-0.05, 0) is 50.3 Å². The predicted octanol–water partition coefficient (Wildman–Crippen LogP) is 1.92. The van der Waals surface area contributed by atoms with E-state index in [2.05, 4.69) is 15.6 Å². The summed E-state index contributed by atoms with van der Waals surface area (Å²) in [6.07, 6.45) is 3.91. The van der Waals surface area contributed by atoms with Crippen molar-refractivity contribution >= 4 is 41.1 Å². The third-order valence-electron chi connectivity index (χ3n) is 5.25. The molecule has 0 saturated carbocycles. The van der Waals surface area contributed by atoms with Gasteiger partial charge in [-0.2, -0.15) is 0 Å². The number of aliphatic imine (C=N–C) groups is 1. The highest BCUT2D eigenvalue weighted by molar-refractivity contribution is 6.31. The van der Waals surface area contributed by atoms with Crippen LogP contribution in [0.5, 0.6) is 0 Å². The van der Waals surface area contributed by atoms with Crippen LogP contribution in [0.4, 0.5) is 14.9 Å². The molecule has 3 rings (SSSR count). The number of carbonyl (C=O) groups is 3. The predicted molar refractivity (Wildman–Crippen MR) is 115 cm³/mol. The molecule has 4 N–H and O–H groups in total. The lowest BCUT2D eigenvalue weighted by Crippen LogP contribution is -2.46. The van der Waals surface area contributed by atoms with Crippen LogP contribution in [-0.4, -0.2) is 65.8 Å². The lowest BCUT2D eigenvalue weighted by atomic mass is 10.1. The Balaban J connectivity index is 1.76. The molecule has 2 heterocycles. The van der Waals surface area contributed by atoms with Crippen molar-refractivity contribution in [3.63, 3.8) is 0 Å². The fourth-order valence-corrected chi connectivity index (χ4v) is 3.85. The zero-order valence-corrected chi connectivity index (χ0v) is 17.8. The number of halogens is 2. The van der Waals surface area contributed by atoms with Gasteiger partial charge in [-0.15, -0.1) is 0 Å². The molecule has 1 atom stereocenters. The molecule has 11 heteroatoms. The highest BCUT2D eigenvalue weighted by atomic mass is 35.5. The zero-order chi connectivity index (χ0) is 22.4. The standard InChI is InChI=1S/C20H26ClFN6O3/c21-14-11-13(6-7-15(14)22)24-20(26-19(23)31)25-16-5-1-2-10-28(18(16)30)12-17(29)27-8-3-4-9-27/h6-7,11,16H,1-5,8-10,12H2,(H4,23,24,25,26,31)/t16-/m0/s1. The Kier molecular flexibility index (Phi) is 7.67. The highest BCUT2D eigenvalue weighted by Crippen LogP contribution is 2.20. The lowest BCUT2D eigenvalue weighted by Gasteiger charge is -2.25. The lowest BCUT2D eigenvalue weighted by molar-refractivity contribution is -0.140. The summed E-state index contributed by atoms with van der Waals surface area (Å²) in [5.74, 6) is -0.995. The van der Waals surface area contributed by atoms with Crippen LogP contribution >= 0.6 is 11.6 Å². The second-order valence-electron chi connectivity index (χ2n) is 7.58. The van der Waals surface area contributed by atoms with Crippen molar-refractivity contribution in [2.75, 3.05) is 31.5 Å². The number of guanidine groups is 1. The summed E-state index contributed by atoms with van der Waals surface area (Å²) >= 11 is 5.80. The molecule has 9 nitrogen and oxygen atoms in total. The Labute approximate surface area is 184 Å². The third-order valence-corrected chi connectivity index (χ3v) is 5.54. The molecular weight excluding hydrogens is 427 g/mol. The van der Waals surface area contributed by atoms with Gasteiger partial charge in [-0.25, -0.2) is 14.2 Å². The number of nitrogens with one attached hydrogen (secondary N) is 2. The maximum atomic E-state index is 13.4. The van der Waals surface area contributed by atoms with Crippen LogP contribution in [0.25, 0.3) is 0 Å². The number of hydrogen-bond acceptors (Lipinski definition) is 4. The molecule has 0 aliphatic carbocycles. The first-order valence-corrected chi connectivity index (χ1v) is 10.6. The molecule has 0 spiro atoms. The number of urea groups is 1. The van der Waals surface area contributed by atoms with Crippen molar-refractivity contribution in [2.24, 2.45) is 10.7 Å². The molecule has 2 fully saturated rings. The van der Waals surface area contributed by atoms with E-state index >= 15 is 0 Å². The Hall–Kier alpha value is -2.88. The first kappa shape index (κ1) is 22.8. The molecule has 1 aromatic rings. The Morgan fingerprint density at radius 3 is 2.58 bits per heavy atom. The molecule has 2 saturated heterocycles. The number of hydrogen-bond donors (Lipinski definition) is 3. The molecule has 0 bridgehead atoms. The van der Waals surface area contributed by atoms with Crippen LogP contribution in [0.15, 0.2) is 23.2 Å². The largest absolute Gasteiger partial charge is 0.351 e. The SMILES string of the molecule is NC(=O)NC(=N[C@H]1CCCCN(CC(=O)N2CCCC2)C1=O)Nc1ccc(F)c(Cl)c1. The van der Waals surface area contributed by atoms with E-state index in [9.17, 15) is 18.8 Å². The van der Waals surface area contributed by atoms with Crippen LogP contribution in [-0.2, 0) is 9.59 Å². The molecule has 31 heavy (non-hydrogen) atoms. The molecule has 0 unspecified atom stereocenters. The maximum Gasteiger partial charge on any atom is 0.318 e. The molecule has 0 aromatic heterocycles. The minimum absolute atomic E-state index is 0.0183. The first-order valence-electron chi connectivity index (χ1n) is 10.3. The minimum atomic E-state index is -0.874. The van der Waals surface area contributed by atoms with Gasteiger partial charge in [0.15, 0.2) is 0 Å². The molecular formula is C20H26ClFN6O3. The number of rotatable bonds is 4. The summed E-state index contributed by atoms with van der Waals surface area (Å²) in [6.45, 7) is 1.94. The number of likely N-dealkylation sites (tertiary alicyclic amines) is 2. The van der Waals surface area contributed by atoms with Crippen molar-refractivity contribution in [1.82, 2.24) is 15.1 Å². The molecule has 168 valence electrons. The summed E-state index contributed by atoms with van der Waals surface area (Å²) < 4.78 is 13.4. The number of nitrogens with two attached hydrogens (primary N) is 1. The number of benzene rings is 1. The Bertz CT molecular complexity index is 874. The molecule has 2 aliphatic heterocycles. The summed E-state index contributed by atoms with van der Waals surface area (Å²) in [7, 11) is 0. The van der Waals surface area contributed by atoms with E-state index in [4.69, 9.17) is 17.3 Å². The molecule has 2 aliphatic rings.